The number of nitrogens with one attached hydrogen (secondary N) is 1. The second-order valence-electron chi connectivity index (χ2n) is 4.74. The lowest BCUT2D eigenvalue weighted by atomic mass is 10.0. The molecule has 0 aliphatic rings. The van der Waals surface area contributed by atoms with E-state index in [-0.39, 0.29) is 17.0 Å². The molecule has 0 radical (unpaired) electrons. The van der Waals surface area contributed by atoms with Gasteiger partial charge in [0.2, 0.25) is 0 Å². The van der Waals surface area contributed by atoms with E-state index < -0.39 is 11.7 Å². The minimum atomic E-state index is -0.793. The van der Waals surface area contributed by atoms with Gasteiger partial charge in [-0.25, -0.2) is 4.39 Å². The summed E-state index contributed by atoms with van der Waals surface area (Å²) in [5, 5.41) is 10.6. The predicted octanol–water partition coefficient (Wildman–Crippen LogP) is 3.68. The summed E-state index contributed by atoms with van der Waals surface area (Å²) in [4.78, 5) is 11.3. The van der Waals surface area contributed by atoms with E-state index in [0.29, 0.717) is 21.2 Å². The van der Waals surface area contributed by atoms with Crippen molar-refractivity contribution >= 4 is 29.1 Å². The Morgan fingerprint density at radius 1 is 1.04 bits per heavy atom. The van der Waals surface area contributed by atoms with E-state index in [9.17, 15) is 9.18 Å². The zero-order valence-electron chi connectivity index (χ0n) is 11.5. The van der Waals surface area contributed by atoms with Gasteiger partial charge in [0.1, 0.15) is 11.5 Å². The van der Waals surface area contributed by atoms with Crippen molar-refractivity contribution in [2.45, 2.75) is 0 Å². The van der Waals surface area contributed by atoms with Crippen LogP contribution in [-0.4, -0.2) is 21.3 Å². The quantitative estimate of drug-likeness (QED) is 0.755. The molecule has 23 heavy (non-hydrogen) atoms. The first-order valence-corrected chi connectivity index (χ1v) is 7.18. The highest BCUT2D eigenvalue weighted by Crippen LogP contribution is 2.31. The lowest BCUT2D eigenvalue weighted by Crippen LogP contribution is -2.13. The van der Waals surface area contributed by atoms with E-state index in [4.69, 9.17) is 28.9 Å². The van der Waals surface area contributed by atoms with E-state index in [1.807, 2.05) is 0 Å². The third kappa shape index (κ3) is 3.04. The fourth-order valence-corrected chi connectivity index (χ4v) is 2.72. The van der Waals surface area contributed by atoms with Crippen LogP contribution in [0.15, 0.2) is 36.4 Å². The molecule has 0 spiro atoms. The van der Waals surface area contributed by atoms with Crippen LogP contribution in [0.4, 0.5) is 4.39 Å². The van der Waals surface area contributed by atoms with Crippen LogP contribution in [0.3, 0.4) is 0 Å². The molecule has 3 rings (SSSR count). The fourth-order valence-electron chi connectivity index (χ4n) is 2.20. The van der Waals surface area contributed by atoms with Crippen LogP contribution in [0.25, 0.3) is 22.4 Å². The Labute approximate surface area is 140 Å². The monoisotopic (exact) mass is 350 g/mol. The van der Waals surface area contributed by atoms with E-state index >= 15 is 0 Å². The zero-order valence-corrected chi connectivity index (χ0v) is 13.0. The molecule has 0 fully saturated rings. The van der Waals surface area contributed by atoms with Crippen molar-refractivity contribution in [3.63, 3.8) is 0 Å². The lowest BCUT2D eigenvalue weighted by Gasteiger charge is -2.07. The summed E-state index contributed by atoms with van der Waals surface area (Å²) in [6.07, 6.45) is 0. The van der Waals surface area contributed by atoms with Crippen LogP contribution in [0.1, 0.15) is 10.5 Å². The number of primary amides is 1. The molecule has 3 N–H and O–H groups in total. The van der Waals surface area contributed by atoms with Crippen molar-refractivity contribution in [1.82, 2.24) is 15.4 Å². The highest BCUT2D eigenvalue weighted by Gasteiger charge is 2.18. The molecule has 0 saturated heterocycles. The average molecular weight is 351 g/mol. The first-order valence-electron chi connectivity index (χ1n) is 6.42. The van der Waals surface area contributed by atoms with Crippen LogP contribution < -0.4 is 5.73 Å². The first-order chi connectivity index (χ1) is 11.0. The summed E-state index contributed by atoms with van der Waals surface area (Å²) < 4.78 is 14.4. The van der Waals surface area contributed by atoms with Crippen LogP contribution >= 0.6 is 23.2 Å². The summed E-state index contributed by atoms with van der Waals surface area (Å²) in [7, 11) is 0. The molecule has 2 aromatic carbocycles. The Bertz CT molecular complexity index is 890. The summed E-state index contributed by atoms with van der Waals surface area (Å²) >= 11 is 11.9. The summed E-state index contributed by atoms with van der Waals surface area (Å²) in [6.45, 7) is 0. The molecular weight excluding hydrogens is 342 g/mol. The molecule has 5 nitrogen and oxygen atoms in total. The number of aromatic nitrogens is 3. The number of carbonyl (C=O) groups excluding carboxylic acids is 1. The molecule has 0 aliphatic carbocycles. The minimum absolute atomic E-state index is 0.0608. The number of halogens is 3. The average Bonchev–Trinajstić information content (AvgIpc) is 2.95. The molecule has 1 amide bonds. The molecule has 0 saturated carbocycles. The van der Waals surface area contributed by atoms with Crippen molar-refractivity contribution in [1.29, 1.82) is 0 Å². The molecule has 8 heteroatoms. The number of benzene rings is 2. The molecule has 1 heterocycles. The maximum absolute atomic E-state index is 14.4. The van der Waals surface area contributed by atoms with Crippen molar-refractivity contribution < 1.29 is 9.18 Å². The highest BCUT2D eigenvalue weighted by molar-refractivity contribution is 6.35. The van der Waals surface area contributed by atoms with Crippen molar-refractivity contribution in [3.8, 4) is 22.4 Å². The van der Waals surface area contributed by atoms with Crippen LogP contribution in [-0.2, 0) is 0 Å². The largest absolute Gasteiger partial charge is 0.364 e. The van der Waals surface area contributed by atoms with Gasteiger partial charge in [-0.3, -0.25) is 4.79 Å². The van der Waals surface area contributed by atoms with E-state index in [1.165, 1.54) is 12.1 Å². The van der Waals surface area contributed by atoms with Crippen LogP contribution in [0.5, 0.6) is 0 Å². The topological polar surface area (TPSA) is 84.7 Å². The number of hydrogen-bond donors (Lipinski definition) is 2. The maximum Gasteiger partial charge on any atom is 0.271 e. The van der Waals surface area contributed by atoms with Crippen molar-refractivity contribution in [3.05, 3.63) is 58.0 Å². The van der Waals surface area contributed by atoms with Gasteiger partial charge in [0, 0.05) is 15.6 Å². The number of amides is 1. The second kappa shape index (κ2) is 5.98. The molecule has 1 aromatic heterocycles. The van der Waals surface area contributed by atoms with E-state index in [1.54, 1.807) is 24.3 Å². The number of nitrogens with zero attached hydrogens (tertiary/aromatic N) is 2. The lowest BCUT2D eigenvalue weighted by molar-refractivity contribution is 0.0996. The molecule has 3 aromatic rings. The molecular formula is C15H9Cl2FN4O. The normalized spacial score (nSPS) is 10.7. The summed E-state index contributed by atoms with van der Waals surface area (Å²) in [5.41, 5.74) is 6.49. The van der Waals surface area contributed by atoms with E-state index in [2.05, 4.69) is 15.4 Å². The van der Waals surface area contributed by atoms with Gasteiger partial charge in [-0.15, -0.1) is 0 Å². The Balaban J connectivity index is 2.07. The van der Waals surface area contributed by atoms with Gasteiger partial charge in [-0.05, 0) is 41.5 Å². The van der Waals surface area contributed by atoms with Gasteiger partial charge in [-0.2, -0.15) is 15.4 Å². The minimum Gasteiger partial charge on any atom is -0.364 e. The second-order valence-corrected chi connectivity index (χ2v) is 5.61. The fraction of sp³-hybridized carbons (Fsp3) is 0. The van der Waals surface area contributed by atoms with E-state index in [0.717, 1.165) is 0 Å². The third-order valence-corrected chi connectivity index (χ3v) is 3.64. The molecule has 0 aliphatic heterocycles. The van der Waals surface area contributed by atoms with Crippen LogP contribution in [0, 0.1) is 5.82 Å². The van der Waals surface area contributed by atoms with Crippen LogP contribution in [0.2, 0.25) is 10.0 Å². The number of nitrogens with two attached hydrogens (primary N) is 1. The Morgan fingerprint density at radius 3 is 2.35 bits per heavy atom. The molecule has 0 atom stereocenters. The molecule has 0 unspecified atom stereocenters. The number of aromatic amines is 1. The van der Waals surface area contributed by atoms with Gasteiger partial charge < -0.3 is 5.73 Å². The van der Waals surface area contributed by atoms with Crippen molar-refractivity contribution in [2.24, 2.45) is 5.73 Å². The predicted molar refractivity (Wildman–Crippen MR) is 85.8 cm³/mol. The van der Waals surface area contributed by atoms with Gasteiger partial charge in [0.25, 0.3) is 5.91 Å². The standard InChI is InChI=1S/C15H9Cl2FN4O/c16-9-3-8(4-10(17)6-9)7-1-2-11(12(18)5-7)13-14(15(19)23)21-22-20-13/h1-6H,(H2,19,23)(H,20,21,22). The molecule has 0 bridgehead atoms. The highest BCUT2D eigenvalue weighted by atomic mass is 35.5. The first kappa shape index (κ1) is 15.5. The maximum atomic E-state index is 14.4. The van der Waals surface area contributed by atoms with Crippen molar-refractivity contribution in [2.75, 3.05) is 0 Å². The van der Waals surface area contributed by atoms with Gasteiger partial charge in [0.05, 0.1) is 0 Å². The van der Waals surface area contributed by atoms with Gasteiger partial charge in [0.15, 0.2) is 5.69 Å². The number of H-pyrrole nitrogens is 1. The number of hydrogen-bond acceptors (Lipinski definition) is 3. The Hall–Kier alpha value is -2.44. The smallest absolute Gasteiger partial charge is 0.271 e. The number of rotatable bonds is 3. The SMILES string of the molecule is NC(=O)c1n[nH]nc1-c1ccc(-c2cc(Cl)cc(Cl)c2)cc1F. The molecule has 116 valence electrons. The van der Waals surface area contributed by atoms with Gasteiger partial charge in [-0.1, -0.05) is 29.3 Å². The summed E-state index contributed by atoms with van der Waals surface area (Å²) in [6, 6.07) is 9.39. The Kier molecular flexibility index (Phi) is 4.02. The third-order valence-electron chi connectivity index (χ3n) is 3.20. The van der Waals surface area contributed by atoms with Gasteiger partial charge >= 0.3 is 0 Å². The zero-order chi connectivity index (χ0) is 16.6. The number of carbonyl (C=O) groups is 1. The summed E-state index contributed by atoms with van der Waals surface area (Å²) in [5.74, 6) is -1.37. The Morgan fingerprint density at radius 2 is 1.74 bits per heavy atom.